The smallest absolute Gasteiger partial charge is 0.266 e. The van der Waals surface area contributed by atoms with E-state index in [-0.39, 0.29) is 23.1 Å². The van der Waals surface area contributed by atoms with E-state index in [2.05, 4.69) is 22.3 Å². The third-order valence-corrected chi connectivity index (χ3v) is 8.42. The summed E-state index contributed by atoms with van der Waals surface area (Å²) >= 11 is 10.7. The van der Waals surface area contributed by atoms with Crippen LogP contribution in [-0.2, 0) is 9.47 Å². The molecular weight excluding hydrogens is 567 g/mol. The van der Waals surface area contributed by atoms with Crippen LogP contribution in [0.3, 0.4) is 0 Å². The van der Waals surface area contributed by atoms with Gasteiger partial charge in [0, 0.05) is 24.1 Å². The summed E-state index contributed by atoms with van der Waals surface area (Å²) in [7, 11) is 3.00. The molecule has 2 aliphatic carbocycles. The summed E-state index contributed by atoms with van der Waals surface area (Å²) in [6.45, 7) is 7.96. The van der Waals surface area contributed by atoms with Crippen molar-refractivity contribution < 1.29 is 9.47 Å². The maximum atomic E-state index is 9.83. The normalized spacial score (nSPS) is 19.1. The molecular formula is C31H31N7O2S2. The molecule has 42 heavy (non-hydrogen) atoms. The molecule has 9 nitrogen and oxygen atoms in total. The number of unbranched alkanes of at least 4 members (excludes halogenated alkanes) is 4. The molecule has 1 N–H and O–H groups in total. The van der Waals surface area contributed by atoms with Crippen LogP contribution in [0, 0.1) is 75.1 Å². The van der Waals surface area contributed by atoms with Crippen molar-refractivity contribution in [1.29, 1.82) is 26.3 Å². The van der Waals surface area contributed by atoms with Gasteiger partial charge in [0.2, 0.25) is 0 Å². The quantitative estimate of drug-likeness (QED) is 0.124. The summed E-state index contributed by atoms with van der Waals surface area (Å²) in [5, 5.41) is 52.0. The molecule has 214 valence electrons. The summed E-state index contributed by atoms with van der Waals surface area (Å²) in [5.41, 5.74) is 3.06. The van der Waals surface area contributed by atoms with E-state index >= 15 is 0 Å². The highest BCUT2D eigenvalue weighted by Crippen LogP contribution is 2.39. The number of nitrogens with one attached hydrogen (secondary N) is 1. The highest BCUT2D eigenvalue weighted by molar-refractivity contribution is 7.80. The molecule has 0 aromatic heterocycles. The van der Waals surface area contributed by atoms with Crippen molar-refractivity contribution in [2.24, 2.45) is 11.8 Å². The molecule has 0 fully saturated rings. The highest BCUT2D eigenvalue weighted by Gasteiger charge is 2.31. The van der Waals surface area contributed by atoms with Crippen molar-refractivity contribution in [3.63, 3.8) is 0 Å². The average Bonchev–Trinajstić information content (AvgIpc) is 3.02. The molecule has 0 heterocycles. The lowest BCUT2D eigenvalue weighted by molar-refractivity contribution is 0.371. The molecule has 2 aliphatic rings. The molecule has 0 radical (unpaired) electrons. The van der Waals surface area contributed by atoms with E-state index in [4.69, 9.17) is 40.5 Å². The van der Waals surface area contributed by atoms with Gasteiger partial charge in [-0.25, -0.2) is 10.1 Å². The molecule has 0 spiro atoms. The van der Waals surface area contributed by atoms with Gasteiger partial charge in [-0.15, -0.1) is 0 Å². The van der Waals surface area contributed by atoms with Gasteiger partial charge in [-0.05, 0) is 80.5 Å². The van der Waals surface area contributed by atoms with Gasteiger partial charge in [-0.3, -0.25) is 0 Å². The van der Waals surface area contributed by atoms with Crippen LogP contribution in [0.15, 0.2) is 44.8 Å². The molecule has 0 amide bonds. The molecule has 11 heteroatoms. The minimum atomic E-state index is -0.206. The number of allylic oxidation sites excluding steroid dienone is 8. The summed E-state index contributed by atoms with van der Waals surface area (Å²) in [5.74, 6) is -0.364. The third-order valence-electron chi connectivity index (χ3n) is 7.42. The number of rotatable bonds is 11. The molecule has 0 saturated heterocycles. The van der Waals surface area contributed by atoms with E-state index in [0.29, 0.717) is 76.7 Å². The van der Waals surface area contributed by atoms with Crippen LogP contribution in [0.2, 0.25) is 0 Å². The van der Waals surface area contributed by atoms with Crippen molar-refractivity contribution in [2.75, 3.05) is 20.8 Å². The summed E-state index contributed by atoms with van der Waals surface area (Å²) in [6, 6.07) is 10.1. The zero-order chi connectivity index (χ0) is 31.1. The molecule has 0 bridgehead atoms. The predicted octanol–water partition coefficient (Wildman–Crippen LogP) is 6.32. The Morgan fingerprint density at radius 1 is 0.810 bits per heavy atom. The fourth-order valence-electron chi connectivity index (χ4n) is 5.32. The van der Waals surface area contributed by atoms with Gasteiger partial charge >= 0.3 is 0 Å². The van der Waals surface area contributed by atoms with Gasteiger partial charge in [-0.1, -0.05) is 24.8 Å². The molecule has 0 aromatic carbocycles. The Hall–Kier alpha value is -4.52. The van der Waals surface area contributed by atoms with Crippen molar-refractivity contribution in [2.45, 2.75) is 64.2 Å². The first-order valence-electron chi connectivity index (χ1n) is 13.5. The van der Waals surface area contributed by atoms with E-state index in [1.165, 1.54) is 14.2 Å². The van der Waals surface area contributed by atoms with Gasteiger partial charge in [0.25, 0.3) is 5.70 Å². The summed E-state index contributed by atoms with van der Waals surface area (Å²) in [6.07, 6.45) is 6.94. The van der Waals surface area contributed by atoms with Crippen LogP contribution in [0.25, 0.3) is 4.85 Å². The van der Waals surface area contributed by atoms with Gasteiger partial charge < -0.3 is 14.8 Å². The standard InChI is InChI=1S/C31H31N7O2S2/c1-37-29(19-36)25-13-22(31(42)40-3)14-28(27(25)18-35)38-10-8-6-4-5-7-9-20-11-21(30(41)39-2)12-24(26(20)17-34)23(15-32)16-33/h21-22,38H,4-14H2,2-3H3/b29-25+. The minimum absolute atomic E-state index is 0.0521. The lowest BCUT2D eigenvalue weighted by Crippen LogP contribution is -2.28. The minimum Gasteiger partial charge on any atom is -0.490 e. The van der Waals surface area contributed by atoms with Crippen LogP contribution < -0.4 is 5.32 Å². The van der Waals surface area contributed by atoms with Gasteiger partial charge in [0.05, 0.1) is 50.1 Å². The lowest BCUT2D eigenvalue weighted by Gasteiger charge is -2.27. The van der Waals surface area contributed by atoms with Gasteiger partial charge in [0.1, 0.15) is 17.7 Å². The van der Waals surface area contributed by atoms with Crippen LogP contribution in [0.5, 0.6) is 0 Å². The third kappa shape index (κ3) is 8.49. The Morgan fingerprint density at radius 3 is 1.93 bits per heavy atom. The summed E-state index contributed by atoms with van der Waals surface area (Å²) in [4.78, 5) is 3.31. The topological polar surface area (TPSA) is 154 Å². The summed E-state index contributed by atoms with van der Waals surface area (Å²) < 4.78 is 10.5. The largest absolute Gasteiger partial charge is 0.490 e. The molecule has 2 atom stereocenters. The molecule has 2 rings (SSSR count). The number of hydrogen-bond acceptors (Lipinski definition) is 10. The fourth-order valence-corrected chi connectivity index (χ4v) is 5.65. The monoisotopic (exact) mass is 597 g/mol. The second-order valence-electron chi connectivity index (χ2n) is 9.88. The van der Waals surface area contributed by atoms with Crippen LogP contribution in [0.4, 0.5) is 0 Å². The SMILES string of the molecule is [C-]#[N+]/C(C#N)=C1\CC(C(=S)OC)CC(NCCCCCCCC2=C(C#N)C(=C(C#N)C#N)CC(C(=S)OC)C2)=C1C#N. The number of nitrogens with zero attached hydrogens (tertiary/aromatic N) is 6. The number of methoxy groups -OCH3 is 2. The molecule has 0 aromatic rings. The zero-order valence-corrected chi connectivity index (χ0v) is 25.4. The van der Waals surface area contributed by atoms with Crippen LogP contribution in [0.1, 0.15) is 64.2 Å². The van der Waals surface area contributed by atoms with Crippen molar-refractivity contribution in [1.82, 2.24) is 5.32 Å². The maximum Gasteiger partial charge on any atom is 0.266 e. The predicted molar refractivity (Wildman–Crippen MR) is 163 cm³/mol. The number of ether oxygens (including phenoxy) is 2. The van der Waals surface area contributed by atoms with E-state index < -0.39 is 0 Å². The van der Waals surface area contributed by atoms with Crippen molar-refractivity contribution >= 4 is 34.5 Å². The average molecular weight is 598 g/mol. The number of thiocarbonyl (C=S) groups is 2. The Kier molecular flexibility index (Phi) is 13.9. The first-order chi connectivity index (χ1) is 20.3. The Balaban J connectivity index is 1.99. The first kappa shape index (κ1) is 33.7. The van der Waals surface area contributed by atoms with Crippen molar-refractivity contribution in [3.05, 3.63) is 56.2 Å². The van der Waals surface area contributed by atoms with Gasteiger partial charge in [-0.2, -0.15) is 21.0 Å². The molecule has 2 unspecified atom stereocenters. The first-order valence-corrected chi connectivity index (χ1v) is 14.3. The maximum absolute atomic E-state index is 9.83. The second-order valence-corrected chi connectivity index (χ2v) is 10.7. The van der Waals surface area contributed by atoms with Gasteiger partial charge in [0.15, 0.2) is 10.1 Å². The van der Waals surface area contributed by atoms with E-state index in [0.717, 1.165) is 37.7 Å². The second kappa shape index (κ2) is 17.3. The van der Waals surface area contributed by atoms with E-state index in [1.54, 1.807) is 0 Å². The highest BCUT2D eigenvalue weighted by atomic mass is 32.1. The molecule has 0 saturated carbocycles. The lowest BCUT2D eigenvalue weighted by atomic mass is 9.78. The van der Waals surface area contributed by atoms with Crippen molar-refractivity contribution in [3.8, 4) is 30.3 Å². The fraction of sp³-hybridized carbons (Fsp3) is 0.484. The number of hydrogen-bond donors (Lipinski definition) is 1. The molecule has 0 aliphatic heterocycles. The van der Waals surface area contributed by atoms with E-state index in [9.17, 15) is 26.3 Å². The van der Waals surface area contributed by atoms with Crippen LogP contribution in [-0.4, -0.2) is 30.9 Å². The number of nitriles is 5. The Morgan fingerprint density at radius 2 is 1.38 bits per heavy atom. The Bertz CT molecular complexity index is 1330. The Labute approximate surface area is 258 Å². The van der Waals surface area contributed by atoms with E-state index in [1.807, 2.05) is 18.2 Å². The zero-order valence-electron chi connectivity index (χ0n) is 23.7. The van der Waals surface area contributed by atoms with Crippen LogP contribution >= 0.6 is 24.4 Å².